The fourth-order valence-corrected chi connectivity index (χ4v) is 2.59. The standard InChI is InChI=1S/C12H23N2O2P/c1-10(15)8-13-11(16)9-14-12(17)6-4-2-3-5-7-12/h14H,2-9,17H2,1H3,(H,13,16). The zero-order valence-corrected chi connectivity index (χ0v) is 11.7. The normalized spacial score (nSPS) is 19.4. The third kappa shape index (κ3) is 6.13. The topological polar surface area (TPSA) is 58.2 Å². The Kier molecular flexibility index (Phi) is 6.07. The minimum atomic E-state index is -0.105. The Morgan fingerprint density at radius 1 is 1.12 bits per heavy atom. The average molecular weight is 258 g/mol. The fraction of sp³-hybridized carbons (Fsp3) is 0.833. The number of ketones is 1. The van der Waals surface area contributed by atoms with Crippen LogP contribution in [0.1, 0.15) is 45.4 Å². The highest BCUT2D eigenvalue weighted by Crippen LogP contribution is 2.32. The highest BCUT2D eigenvalue weighted by molar-refractivity contribution is 7.18. The second-order valence-electron chi connectivity index (χ2n) is 4.90. The smallest absolute Gasteiger partial charge is 0.234 e. The van der Waals surface area contributed by atoms with Gasteiger partial charge < -0.3 is 5.32 Å². The van der Waals surface area contributed by atoms with Crippen molar-refractivity contribution in [1.29, 1.82) is 0 Å². The first-order valence-electron chi connectivity index (χ1n) is 6.32. The van der Waals surface area contributed by atoms with Gasteiger partial charge in [-0.25, -0.2) is 0 Å². The van der Waals surface area contributed by atoms with Gasteiger partial charge in [0.05, 0.1) is 13.1 Å². The molecule has 1 aliphatic carbocycles. The highest BCUT2D eigenvalue weighted by atomic mass is 31.0. The molecule has 4 nitrogen and oxygen atoms in total. The van der Waals surface area contributed by atoms with Gasteiger partial charge in [0.2, 0.25) is 5.91 Å². The van der Waals surface area contributed by atoms with Gasteiger partial charge in [-0.15, -0.1) is 9.24 Å². The van der Waals surface area contributed by atoms with Crippen molar-refractivity contribution in [2.24, 2.45) is 0 Å². The number of Topliss-reactive ketones (excluding diaryl/α,β-unsaturated/α-hetero) is 1. The van der Waals surface area contributed by atoms with Gasteiger partial charge in [-0.05, 0) is 19.8 Å². The number of amides is 1. The molecule has 1 rings (SSSR count). The van der Waals surface area contributed by atoms with E-state index >= 15 is 0 Å². The molecule has 0 heterocycles. The summed E-state index contributed by atoms with van der Waals surface area (Å²) >= 11 is 0. The molecule has 1 saturated carbocycles. The maximum atomic E-state index is 11.5. The van der Waals surface area contributed by atoms with Gasteiger partial charge in [0.1, 0.15) is 5.78 Å². The lowest BCUT2D eigenvalue weighted by atomic mass is 10.1. The minimum Gasteiger partial charge on any atom is -0.348 e. The van der Waals surface area contributed by atoms with Crippen molar-refractivity contribution >= 4 is 20.9 Å². The zero-order valence-electron chi connectivity index (χ0n) is 10.6. The van der Waals surface area contributed by atoms with Crippen LogP contribution in [0.25, 0.3) is 0 Å². The van der Waals surface area contributed by atoms with Crippen molar-refractivity contribution in [3.05, 3.63) is 0 Å². The molecule has 1 unspecified atom stereocenters. The van der Waals surface area contributed by atoms with Gasteiger partial charge in [0.25, 0.3) is 0 Å². The van der Waals surface area contributed by atoms with Gasteiger partial charge in [-0.1, -0.05) is 25.7 Å². The molecule has 0 aromatic heterocycles. The monoisotopic (exact) mass is 258 g/mol. The van der Waals surface area contributed by atoms with Crippen LogP contribution in [0.5, 0.6) is 0 Å². The van der Waals surface area contributed by atoms with Crippen LogP contribution in [0, 0.1) is 0 Å². The Balaban J connectivity index is 2.27. The molecule has 17 heavy (non-hydrogen) atoms. The average Bonchev–Trinajstić information content (AvgIpc) is 2.49. The second kappa shape index (κ2) is 7.07. The summed E-state index contributed by atoms with van der Waals surface area (Å²) in [4.78, 5) is 22.2. The molecule has 1 fully saturated rings. The fourth-order valence-electron chi connectivity index (χ4n) is 2.08. The number of nitrogens with one attached hydrogen (secondary N) is 2. The van der Waals surface area contributed by atoms with Crippen LogP contribution < -0.4 is 10.6 Å². The van der Waals surface area contributed by atoms with E-state index < -0.39 is 0 Å². The predicted molar refractivity (Wildman–Crippen MR) is 71.8 cm³/mol. The van der Waals surface area contributed by atoms with Crippen LogP contribution in [0.3, 0.4) is 0 Å². The summed E-state index contributed by atoms with van der Waals surface area (Å²) < 4.78 is 0. The summed E-state index contributed by atoms with van der Waals surface area (Å²) in [5.41, 5.74) is 0. The first kappa shape index (κ1) is 14.6. The highest BCUT2D eigenvalue weighted by Gasteiger charge is 2.25. The van der Waals surface area contributed by atoms with E-state index in [-0.39, 0.29) is 30.1 Å². The molecule has 2 N–H and O–H groups in total. The summed E-state index contributed by atoms with van der Waals surface area (Å²) in [7, 11) is 2.86. The third-order valence-electron chi connectivity index (χ3n) is 3.13. The molecule has 5 heteroatoms. The van der Waals surface area contributed by atoms with Crippen molar-refractivity contribution < 1.29 is 9.59 Å². The van der Waals surface area contributed by atoms with Crippen LogP contribution >= 0.6 is 9.24 Å². The Labute approximate surface area is 106 Å². The molecular formula is C12H23N2O2P. The quantitative estimate of drug-likeness (QED) is 0.575. The van der Waals surface area contributed by atoms with Crippen molar-refractivity contribution in [3.8, 4) is 0 Å². The predicted octanol–water partition coefficient (Wildman–Crippen LogP) is 1.21. The lowest BCUT2D eigenvalue weighted by Gasteiger charge is -2.29. The van der Waals surface area contributed by atoms with Crippen molar-refractivity contribution in [3.63, 3.8) is 0 Å². The van der Waals surface area contributed by atoms with Crippen LogP contribution in [0.4, 0.5) is 0 Å². The van der Waals surface area contributed by atoms with E-state index in [4.69, 9.17) is 0 Å². The maximum Gasteiger partial charge on any atom is 0.234 e. The molecule has 1 atom stereocenters. The van der Waals surface area contributed by atoms with Crippen molar-refractivity contribution in [2.75, 3.05) is 13.1 Å². The van der Waals surface area contributed by atoms with E-state index in [1.807, 2.05) is 0 Å². The molecule has 98 valence electrons. The summed E-state index contributed by atoms with van der Waals surface area (Å²) in [6.45, 7) is 1.89. The van der Waals surface area contributed by atoms with Crippen LogP contribution in [-0.4, -0.2) is 30.1 Å². The van der Waals surface area contributed by atoms with E-state index in [1.54, 1.807) is 0 Å². The molecular weight excluding hydrogens is 235 g/mol. The van der Waals surface area contributed by atoms with Gasteiger partial charge in [0, 0.05) is 5.28 Å². The van der Waals surface area contributed by atoms with Gasteiger partial charge in [-0.2, -0.15) is 0 Å². The van der Waals surface area contributed by atoms with E-state index in [2.05, 4.69) is 19.9 Å². The molecule has 1 amide bonds. The van der Waals surface area contributed by atoms with Crippen LogP contribution in [0.15, 0.2) is 0 Å². The maximum absolute atomic E-state index is 11.5. The van der Waals surface area contributed by atoms with Crippen LogP contribution in [0.2, 0.25) is 0 Å². The Bertz CT molecular complexity index is 274. The number of carbonyl (C=O) groups is 2. The first-order chi connectivity index (χ1) is 8.02. The molecule has 0 radical (unpaired) electrons. The van der Waals surface area contributed by atoms with Gasteiger partial charge >= 0.3 is 0 Å². The van der Waals surface area contributed by atoms with Gasteiger partial charge in [0.15, 0.2) is 0 Å². The second-order valence-corrected chi connectivity index (χ2v) is 6.01. The number of rotatable bonds is 5. The zero-order chi connectivity index (χ0) is 12.7. The molecule has 1 aliphatic rings. The Morgan fingerprint density at radius 3 is 2.24 bits per heavy atom. The molecule has 0 bridgehead atoms. The van der Waals surface area contributed by atoms with E-state index in [0.29, 0.717) is 0 Å². The summed E-state index contributed by atoms with van der Waals surface area (Å²) in [6.07, 6.45) is 7.19. The third-order valence-corrected chi connectivity index (χ3v) is 3.91. The lowest BCUT2D eigenvalue weighted by Crippen LogP contribution is -2.45. The number of hydrogen-bond acceptors (Lipinski definition) is 3. The van der Waals surface area contributed by atoms with Crippen molar-refractivity contribution in [1.82, 2.24) is 10.6 Å². The van der Waals surface area contributed by atoms with Crippen LogP contribution in [-0.2, 0) is 9.59 Å². The van der Waals surface area contributed by atoms with Gasteiger partial charge in [-0.3, -0.25) is 14.9 Å². The number of hydrogen-bond donors (Lipinski definition) is 2. The molecule has 0 aliphatic heterocycles. The lowest BCUT2D eigenvalue weighted by molar-refractivity contribution is -0.124. The summed E-state index contributed by atoms with van der Waals surface area (Å²) in [5.74, 6) is -0.125. The first-order valence-corrected chi connectivity index (χ1v) is 6.90. The van der Waals surface area contributed by atoms with E-state index in [9.17, 15) is 9.59 Å². The van der Waals surface area contributed by atoms with E-state index in [1.165, 1.54) is 32.6 Å². The number of carbonyl (C=O) groups excluding carboxylic acids is 2. The molecule has 0 spiro atoms. The SMILES string of the molecule is CC(=O)CNC(=O)CNC1(P)CCCCCC1. The molecule has 0 saturated heterocycles. The largest absolute Gasteiger partial charge is 0.348 e. The summed E-state index contributed by atoms with van der Waals surface area (Å²) in [5, 5.41) is 5.90. The van der Waals surface area contributed by atoms with E-state index in [0.717, 1.165) is 12.8 Å². The summed E-state index contributed by atoms with van der Waals surface area (Å²) in [6, 6.07) is 0. The Hall–Kier alpha value is -0.470. The van der Waals surface area contributed by atoms with Crippen molar-refractivity contribution in [2.45, 2.75) is 50.7 Å². The molecule has 0 aromatic carbocycles. The minimum absolute atomic E-state index is 0.00403. The Morgan fingerprint density at radius 2 is 1.71 bits per heavy atom. The molecule has 0 aromatic rings.